The molecule has 0 saturated heterocycles. The Morgan fingerprint density at radius 2 is 2.07 bits per heavy atom. The quantitative estimate of drug-likeness (QED) is 0.721. The van der Waals surface area contributed by atoms with Gasteiger partial charge in [-0.3, -0.25) is 4.79 Å². The lowest BCUT2D eigenvalue weighted by Gasteiger charge is -2.04. The van der Waals surface area contributed by atoms with Crippen LogP contribution in [-0.4, -0.2) is 18.9 Å². The standard InChI is InChI=1S/C13H19NO/c1-3-14-9-8-13(15)10-12-7-5-4-6-11(12)2/h4-7,14H,3,8-10H2,1-2H3. The van der Waals surface area contributed by atoms with Crippen molar-refractivity contribution in [2.24, 2.45) is 0 Å². The maximum absolute atomic E-state index is 11.6. The Bertz CT molecular complexity index is 320. The molecule has 0 aliphatic rings. The average molecular weight is 205 g/mol. The third-order valence-electron chi connectivity index (χ3n) is 2.48. The van der Waals surface area contributed by atoms with Gasteiger partial charge in [0.25, 0.3) is 0 Å². The Kier molecular flexibility index (Phi) is 5.05. The van der Waals surface area contributed by atoms with E-state index in [4.69, 9.17) is 0 Å². The molecule has 1 rings (SSSR count). The number of aryl methyl sites for hydroxylation is 1. The van der Waals surface area contributed by atoms with Gasteiger partial charge in [0.1, 0.15) is 5.78 Å². The van der Waals surface area contributed by atoms with Crippen LogP contribution in [0.3, 0.4) is 0 Å². The highest BCUT2D eigenvalue weighted by Gasteiger charge is 2.04. The van der Waals surface area contributed by atoms with E-state index in [2.05, 4.69) is 5.32 Å². The number of carbonyl (C=O) groups is 1. The second kappa shape index (κ2) is 6.36. The summed E-state index contributed by atoms with van der Waals surface area (Å²) in [5.74, 6) is 0.310. The summed E-state index contributed by atoms with van der Waals surface area (Å²) in [6.07, 6.45) is 1.19. The zero-order valence-electron chi connectivity index (χ0n) is 9.55. The summed E-state index contributed by atoms with van der Waals surface area (Å²) in [4.78, 5) is 11.6. The summed E-state index contributed by atoms with van der Waals surface area (Å²) in [7, 11) is 0. The molecule has 0 bridgehead atoms. The Labute approximate surface area is 91.7 Å². The summed E-state index contributed by atoms with van der Waals surface area (Å²) in [5, 5.41) is 3.16. The monoisotopic (exact) mass is 205 g/mol. The number of hydrogen-bond donors (Lipinski definition) is 1. The van der Waals surface area contributed by atoms with E-state index in [1.807, 2.05) is 38.1 Å². The van der Waals surface area contributed by atoms with E-state index in [-0.39, 0.29) is 0 Å². The van der Waals surface area contributed by atoms with Gasteiger partial charge >= 0.3 is 0 Å². The van der Waals surface area contributed by atoms with Crippen LogP contribution in [-0.2, 0) is 11.2 Å². The summed E-state index contributed by atoms with van der Waals surface area (Å²) in [5.41, 5.74) is 2.35. The van der Waals surface area contributed by atoms with Gasteiger partial charge in [-0.05, 0) is 24.6 Å². The lowest BCUT2D eigenvalue weighted by Crippen LogP contribution is -2.18. The summed E-state index contributed by atoms with van der Waals surface area (Å²) in [6, 6.07) is 8.06. The molecule has 0 amide bonds. The van der Waals surface area contributed by atoms with Crippen molar-refractivity contribution in [1.82, 2.24) is 5.32 Å². The molecule has 0 heterocycles. The fourth-order valence-electron chi connectivity index (χ4n) is 1.51. The van der Waals surface area contributed by atoms with Crippen LogP contribution >= 0.6 is 0 Å². The van der Waals surface area contributed by atoms with Crippen LogP contribution in [0.15, 0.2) is 24.3 Å². The van der Waals surface area contributed by atoms with E-state index in [1.54, 1.807) is 0 Å². The first-order valence-electron chi connectivity index (χ1n) is 5.51. The van der Waals surface area contributed by atoms with Gasteiger partial charge in [0.05, 0.1) is 0 Å². The Balaban J connectivity index is 2.41. The minimum Gasteiger partial charge on any atom is -0.317 e. The van der Waals surface area contributed by atoms with Crippen molar-refractivity contribution in [1.29, 1.82) is 0 Å². The first-order chi connectivity index (χ1) is 7.24. The molecule has 82 valence electrons. The number of Topliss-reactive ketones (excluding diaryl/α,β-unsaturated/α-hetero) is 1. The molecule has 15 heavy (non-hydrogen) atoms. The number of rotatable bonds is 6. The van der Waals surface area contributed by atoms with Crippen LogP contribution in [0.5, 0.6) is 0 Å². The highest BCUT2D eigenvalue weighted by molar-refractivity contribution is 5.81. The van der Waals surface area contributed by atoms with Crippen LogP contribution in [0.25, 0.3) is 0 Å². The maximum Gasteiger partial charge on any atom is 0.138 e. The predicted molar refractivity (Wildman–Crippen MR) is 63.1 cm³/mol. The number of carbonyl (C=O) groups excluding carboxylic acids is 1. The van der Waals surface area contributed by atoms with Crippen molar-refractivity contribution in [2.45, 2.75) is 26.7 Å². The van der Waals surface area contributed by atoms with Gasteiger partial charge in [0.15, 0.2) is 0 Å². The fraction of sp³-hybridized carbons (Fsp3) is 0.462. The molecule has 0 aliphatic heterocycles. The minimum atomic E-state index is 0.310. The number of hydrogen-bond acceptors (Lipinski definition) is 2. The lowest BCUT2D eigenvalue weighted by molar-refractivity contribution is -0.118. The van der Waals surface area contributed by atoms with Gasteiger partial charge < -0.3 is 5.32 Å². The zero-order chi connectivity index (χ0) is 11.1. The second-order valence-electron chi connectivity index (χ2n) is 3.75. The third-order valence-corrected chi connectivity index (χ3v) is 2.48. The molecular weight excluding hydrogens is 186 g/mol. The van der Waals surface area contributed by atoms with Crippen LogP contribution in [0, 0.1) is 6.92 Å². The number of ketones is 1. The van der Waals surface area contributed by atoms with Crippen LogP contribution in [0.4, 0.5) is 0 Å². The summed E-state index contributed by atoms with van der Waals surface area (Å²) < 4.78 is 0. The molecule has 0 spiro atoms. The molecule has 2 heteroatoms. The van der Waals surface area contributed by atoms with Gasteiger partial charge in [-0.25, -0.2) is 0 Å². The molecule has 1 aromatic rings. The minimum absolute atomic E-state index is 0.310. The smallest absolute Gasteiger partial charge is 0.138 e. The molecule has 0 aromatic heterocycles. The van der Waals surface area contributed by atoms with Crippen molar-refractivity contribution in [3.63, 3.8) is 0 Å². The van der Waals surface area contributed by atoms with Crippen LogP contribution in [0.2, 0.25) is 0 Å². The molecule has 0 fully saturated rings. The topological polar surface area (TPSA) is 29.1 Å². The lowest BCUT2D eigenvalue weighted by atomic mass is 10.0. The second-order valence-corrected chi connectivity index (χ2v) is 3.75. The molecule has 0 saturated carbocycles. The molecule has 0 radical (unpaired) electrons. The van der Waals surface area contributed by atoms with E-state index in [1.165, 1.54) is 5.56 Å². The van der Waals surface area contributed by atoms with Gasteiger partial charge in [-0.2, -0.15) is 0 Å². The van der Waals surface area contributed by atoms with Crippen molar-refractivity contribution in [3.05, 3.63) is 35.4 Å². The first kappa shape index (κ1) is 11.9. The van der Waals surface area contributed by atoms with Gasteiger partial charge in [0.2, 0.25) is 0 Å². The van der Waals surface area contributed by atoms with E-state index < -0.39 is 0 Å². The van der Waals surface area contributed by atoms with Crippen molar-refractivity contribution >= 4 is 5.78 Å². The molecule has 1 aromatic carbocycles. The van der Waals surface area contributed by atoms with Crippen molar-refractivity contribution < 1.29 is 4.79 Å². The first-order valence-corrected chi connectivity index (χ1v) is 5.51. The number of nitrogens with one attached hydrogen (secondary N) is 1. The van der Waals surface area contributed by atoms with E-state index >= 15 is 0 Å². The maximum atomic E-state index is 11.6. The van der Waals surface area contributed by atoms with Crippen molar-refractivity contribution in [3.8, 4) is 0 Å². The van der Waals surface area contributed by atoms with Crippen LogP contribution < -0.4 is 5.32 Å². The summed E-state index contributed by atoms with van der Waals surface area (Å²) in [6.45, 7) is 5.82. The molecule has 2 nitrogen and oxygen atoms in total. The largest absolute Gasteiger partial charge is 0.317 e. The molecular formula is C13H19NO. The van der Waals surface area contributed by atoms with E-state index in [9.17, 15) is 4.79 Å². The molecule has 0 unspecified atom stereocenters. The number of benzene rings is 1. The van der Waals surface area contributed by atoms with Gasteiger partial charge in [0, 0.05) is 19.4 Å². The Hall–Kier alpha value is -1.15. The normalized spacial score (nSPS) is 10.3. The Morgan fingerprint density at radius 1 is 1.33 bits per heavy atom. The molecule has 0 atom stereocenters. The molecule has 0 aliphatic carbocycles. The van der Waals surface area contributed by atoms with Crippen LogP contribution in [0.1, 0.15) is 24.5 Å². The van der Waals surface area contributed by atoms with Crippen molar-refractivity contribution in [2.75, 3.05) is 13.1 Å². The average Bonchev–Trinajstić information content (AvgIpc) is 2.22. The van der Waals surface area contributed by atoms with Gasteiger partial charge in [-0.15, -0.1) is 0 Å². The zero-order valence-corrected chi connectivity index (χ0v) is 9.55. The third kappa shape index (κ3) is 4.26. The highest BCUT2D eigenvalue weighted by atomic mass is 16.1. The highest BCUT2D eigenvalue weighted by Crippen LogP contribution is 2.08. The van der Waals surface area contributed by atoms with Gasteiger partial charge in [-0.1, -0.05) is 31.2 Å². The van der Waals surface area contributed by atoms with E-state index in [0.29, 0.717) is 18.6 Å². The SMILES string of the molecule is CCNCCC(=O)Cc1ccccc1C. The Morgan fingerprint density at radius 3 is 2.73 bits per heavy atom. The fourth-order valence-corrected chi connectivity index (χ4v) is 1.51. The van der Waals surface area contributed by atoms with E-state index in [0.717, 1.165) is 18.7 Å². The predicted octanol–water partition coefficient (Wildman–Crippen LogP) is 2.11. The molecule has 1 N–H and O–H groups in total. The summed E-state index contributed by atoms with van der Waals surface area (Å²) >= 11 is 0.